The minimum atomic E-state index is 0.586. The van der Waals surface area contributed by atoms with Gasteiger partial charge in [0, 0.05) is 58.5 Å². The van der Waals surface area contributed by atoms with E-state index in [9.17, 15) is 0 Å². The lowest BCUT2D eigenvalue weighted by Gasteiger charge is -2.30. The first kappa shape index (κ1) is 21.3. The smallest absolute Gasteiger partial charge is 0.191 e. The molecule has 5 nitrogen and oxygen atoms in total. The van der Waals surface area contributed by atoms with Crippen LogP contribution in [0.1, 0.15) is 39.7 Å². The number of benzene rings is 1. The van der Waals surface area contributed by atoms with Crippen LogP contribution in [0, 0.1) is 0 Å². The third kappa shape index (κ3) is 7.78. The minimum absolute atomic E-state index is 0.586. The summed E-state index contributed by atoms with van der Waals surface area (Å²) in [5, 5.41) is 6.79. The number of aliphatic imine (C=N–C) groups is 1. The monoisotopic (exact) mass is 347 g/mol. The molecule has 0 aliphatic rings. The molecule has 1 rings (SSSR count). The number of guanidine groups is 1. The molecule has 0 aliphatic carbocycles. The maximum atomic E-state index is 4.31. The quantitative estimate of drug-likeness (QED) is 0.409. The summed E-state index contributed by atoms with van der Waals surface area (Å²) in [5.74, 6) is 0.859. The second kappa shape index (κ2) is 11.0. The molecule has 0 aromatic heterocycles. The Balaban J connectivity index is 2.35. The SMILES string of the molecule is CN=C(NCCCN(C(C)C)C(C)C)NCc1ccc(N(C)C)cc1. The minimum Gasteiger partial charge on any atom is -0.378 e. The van der Waals surface area contributed by atoms with Gasteiger partial charge in [0.05, 0.1) is 0 Å². The molecule has 2 N–H and O–H groups in total. The summed E-state index contributed by atoms with van der Waals surface area (Å²) in [7, 11) is 5.93. The Hall–Kier alpha value is -1.75. The van der Waals surface area contributed by atoms with Crippen LogP contribution < -0.4 is 15.5 Å². The molecule has 0 amide bonds. The molecule has 0 aliphatic heterocycles. The number of nitrogens with zero attached hydrogens (tertiary/aromatic N) is 3. The van der Waals surface area contributed by atoms with Gasteiger partial charge in [-0.15, -0.1) is 0 Å². The molecule has 25 heavy (non-hydrogen) atoms. The lowest BCUT2D eigenvalue weighted by Crippen LogP contribution is -2.41. The zero-order chi connectivity index (χ0) is 18.8. The normalized spacial score (nSPS) is 12.2. The number of hydrogen-bond donors (Lipinski definition) is 2. The fourth-order valence-electron chi connectivity index (χ4n) is 2.90. The van der Waals surface area contributed by atoms with Gasteiger partial charge in [-0.3, -0.25) is 9.89 Å². The number of hydrogen-bond acceptors (Lipinski definition) is 3. The Morgan fingerprint density at radius 3 is 2.08 bits per heavy atom. The molecule has 5 heteroatoms. The first-order chi connectivity index (χ1) is 11.8. The molecule has 1 aromatic carbocycles. The Morgan fingerprint density at radius 1 is 1.00 bits per heavy atom. The highest BCUT2D eigenvalue weighted by atomic mass is 15.2. The van der Waals surface area contributed by atoms with Gasteiger partial charge in [0.1, 0.15) is 0 Å². The van der Waals surface area contributed by atoms with E-state index in [1.807, 2.05) is 7.05 Å². The molecule has 0 heterocycles. The van der Waals surface area contributed by atoms with E-state index >= 15 is 0 Å². The largest absolute Gasteiger partial charge is 0.378 e. The molecule has 0 fully saturated rings. The predicted octanol–water partition coefficient (Wildman–Crippen LogP) is 2.93. The summed E-state index contributed by atoms with van der Waals surface area (Å²) < 4.78 is 0. The highest BCUT2D eigenvalue weighted by molar-refractivity contribution is 5.79. The Morgan fingerprint density at radius 2 is 1.60 bits per heavy atom. The van der Waals surface area contributed by atoms with Gasteiger partial charge in [0.2, 0.25) is 0 Å². The van der Waals surface area contributed by atoms with Gasteiger partial charge >= 0.3 is 0 Å². The van der Waals surface area contributed by atoms with E-state index in [0.29, 0.717) is 12.1 Å². The molecular weight excluding hydrogens is 310 g/mol. The average molecular weight is 348 g/mol. The summed E-state index contributed by atoms with van der Waals surface area (Å²) in [6, 6.07) is 9.75. The van der Waals surface area contributed by atoms with Crippen molar-refractivity contribution in [2.45, 2.75) is 52.7 Å². The van der Waals surface area contributed by atoms with E-state index < -0.39 is 0 Å². The van der Waals surface area contributed by atoms with Crippen LogP contribution in [-0.2, 0) is 6.54 Å². The highest BCUT2D eigenvalue weighted by Gasteiger charge is 2.12. The molecule has 0 saturated carbocycles. The molecule has 0 unspecified atom stereocenters. The first-order valence-corrected chi connectivity index (χ1v) is 9.31. The zero-order valence-electron chi connectivity index (χ0n) is 17.1. The average Bonchev–Trinajstić information content (AvgIpc) is 2.57. The van der Waals surface area contributed by atoms with Crippen molar-refractivity contribution in [2.24, 2.45) is 4.99 Å². The zero-order valence-corrected chi connectivity index (χ0v) is 17.1. The molecule has 0 radical (unpaired) electrons. The van der Waals surface area contributed by atoms with E-state index in [1.54, 1.807) is 0 Å². The van der Waals surface area contributed by atoms with E-state index in [-0.39, 0.29) is 0 Å². The summed E-state index contributed by atoms with van der Waals surface area (Å²) in [5.41, 5.74) is 2.46. The number of nitrogens with one attached hydrogen (secondary N) is 2. The van der Waals surface area contributed by atoms with E-state index in [0.717, 1.165) is 32.0 Å². The predicted molar refractivity (Wildman–Crippen MR) is 111 cm³/mol. The van der Waals surface area contributed by atoms with E-state index in [2.05, 4.69) is 91.5 Å². The third-order valence-corrected chi connectivity index (χ3v) is 4.35. The standard InChI is InChI=1S/C20H37N5/c1-16(2)25(17(3)4)14-8-13-22-20(21-5)23-15-18-9-11-19(12-10-18)24(6)7/h9-12,16-17H,8,13-15H2,1-7H3,(H2,21,22,23). The molecular formula is C20H37N5. The number of rotatable bonds is 9. The summed E-state index contributed by atoms with van der Waals surface area (Å²) in [6.07, 6.45) is 1.11. The molecule has 1 aromatic rings. The van der Waals surface area contributed by atoms with Crippen molar-refractivity contribution in [3.8, 4) is 0 Å². The van der Waals surface area contributed by atoms with Crippen LogP contribution in [0.2, 0.25) is 0 Å². The topological polar surface area (TPSA) is 42.9 Å². The van der Waals surface area contributed by atoms with Crippen LogP contribution in [0.25, 0.3) is 0 Å². The van der Waals surface area contributed by atoms with Gasteiger partial charge in [0.15, 0.2) is 5.96 Å². The molecule has 0 bridgehead atoms. The summed E-state index contributed by atoms with van der Waals surface area (Å²) in [4.78, 5) is 8.93. The van der Waals surface area contributed by atoms with Gasteiger partial charge in [-0.2, -0.15) is 0 Å². The van der Waals surface area contributed by atoms with Crippen molar-refractivity contribution < 1.29 is 0 Å². The summed E-state index contributed by atoms with van der Waals surface area (Å²) >= 11 is 0. The van der Waals surface area contributed by atoms with Crippen LogP contribution in [0.15, 0.2) is 29.3 Å². The van der Waals surface area contributed by atoms with Crippen molar-refractivity contribution in [3.63, 3.8) is 0 Å². The molecule has 0 spiro atoms. The van der Waals surface area contributed by atoms with Gasteiger partial charge in [-0.1, -0.05) is 12.1 Å². The van der Waals surface area contributed by atoms with Gasteiger partial charge in [-0.05, 0) is 51.8 Å². The van der Waals surface area contributed by atoms with Crippen LogP contribution in [0.4, 0.5) is 5.69 Å². The van der Waals surface area contributed by atoms with E-state index in [1.165, 1.54) is 11.3 Å². The fraction of sp³-hybridized carbons (Fsp3) is 0.650. The van der Waals surface area contributed by atoms with Crippen molar-refractivity contribution in [1.29, 1.82) is 0 Å². The molecule has 0 atom stereocenters. The van der Waals surface area contributed by atoms with Crippen LogP contribution in [0.5, 0.6) is 0 Å². The summed E-state index contributed by atoms with van der Waals surface area (Å²) in [6.45, 7) is 11.8. The third-order valence-electron chi connectivity index (χ3n) is 4.35. The van der Waals surface area contributed by atoms with Crippen LogP contribution in [-0.4, -0.2) is 57.2 Å². The van der Waals surface area contributed by atoms with Crippen molar-refractivity contribution in [2.75, 3.05) is 39.1 Å². The highest BCUT2D eigenvalue weighted by Crippen LogP contribution is 2.11. The van der Waals surface area contributed by atoms with Gasteiger partial charge < -0.3 is 15.5 Å². The Labute approximate surface area is 154 Å². The first-order valence-electron chi connectivity index (χ1n) is 9.31. The molecule has 142 valence electrons. The van der Waals surface area contributed by atoms with E-state index in [4.69, 9.17) is 0 Å². The van der Waals surface area contributed by atoms with Crippen molar-refractivity contribution >= 4 is 11.6 Å². The van der Waals surface area contributed by atoms with Crippen molar-refractivity contribution in [3.05, 3.63) is 29.8 Å². The van der Waals surface area contributed by atoms with Crippen LogP contribution >= 0.6 is 0 Å². The molecule has 0 saturated heterocycles. The second-order valence-electron chi connectivity index (χ2n) is 7.19. The Kier molecular flexibility index (Phi) is 9.35. The lowest BCUT2D eigenvalue weighted by molar-refractivity contribution is 0.173. The fourth-order valence-corrected chi connectivity index (χ4v) is 2.90. The number of anilines is 1. The lowest BCUT2D eigenvalue weighted by atomic mass is 10.2. The maximum Gasteiger partial charge on any atom is 0.191 e. The van der Waals surface area contributed by atoms with Gasteiger partial charge in [0.25, 0.3) is 0 Å². The van der Waals surface area contributed by atoms with Gasteiger partial charge in [-0.25, -0.2) is 0 Å². The van der Waals surface area contributed by atoms with Crippen LogP contribution in [0.3, 0.4) is 0 Å². The van der Waals surface area contributed by atoms with Crippen molar-refractivity contribution in [1.82, 2.24) is 15.5 Å². The maximum absolute atomic E-state index is 4.31. The second-order valence-corrected chi connectivity index (χ2v) is 7.19. The Bertz CT molecular complexity index is 497.